The van der Waals surface area contributed by atoms with Crippen LogP contribution in [0.5, 0.6) is 0 Å². The number of furan rings is 1. The number of fused-ring (bicyclic) bond motifs is 7. The fourth-order valence-corrected chi connectivity index (χ4v) is 8.22. The predicted molar refractivity (Wildman–Crippen MR) is 207 cm³/mol. The summed E-state index contributed by atoms with van der Waals surface area (Å²) in [5.74, 6) is 0.878. The van der Waals surface area contributed by atoms with Crippen molar-refractivity contribution in [2.45, 2.75) is 0 Å². The van der Waals surface area contributed by atoms with E-state index in [1.807, 2.05) is 29.7 Å². The van der Waals surface area contributed by atoms with E-state index in [1.54, 1.807) is 0 Å². The molecule has 230 valence electrons. The Morgan fingerprint density at radius 2 is 1.10 bits per heavy atom. The van der Waals surface area contributed by atoms with E-state index < -0.39 is 0 Å². The van der Waals surface area contributed by atoms with Crippen LogP contribution >= 0.6 is 11.3 Å². The second-order valence-corrected chi connectivity index (χ2v) is 13.5. The van der Waals surface area contributed by atoms with Crippen LogP contribution in [0.15, 0.2) is 174 Å². The molecule has 3 heterocycles. The van der Waals surface area contributed by atoms with E-state index in [4.69, 9.17) is 9.40 Å². The molecule has 0 amide bonds. The molecule has 10 rings (SSSR count). The topological polar surface area (TPSA) is 29.3 Å². The maximum absolute atomic E-state index is 6.37. The van der Waals surface area contributed by atoms with Crippen LogP contribution in [0.3, 0.4) is 0 Å². The molecule has 4 heteroatoms. The zero-order chi connectivity index (χ0) is 32.3. The van der Waals surface area contributed by atoms with Gasteiger partial charge < -0.3 is 4.42 Å². The van der Waals surface area contributed by atoms with Gasteiger partial charge in [0.15, 0.2) is 0 Å². The summed E-state index contributed by atoms with van der Waals surface area (Å²) in [6.07, 6.45) is 2.04. The van der Waals surface area contributed by atoms with Crippen LogP contribution < -0.4 is 4.90 Å². The highest BCUT2D eigenvalue weighted by molar-refractivity contribution is 7.25. The number of thiophene rings is 1. The normalized spacial score (nSPS) is 11.7. The van der Waals surface area contributed by atoms with E-state index >= 15 is 0 Å². The highest BCUT2D eigenvalue weighted by Crippen LogP contribution is 2.42. The largest absolute Gasteiger partial charge is 0.455 e. The Kier molecular flexibility index (Phi) is 6.36. The first-order valence-electron chi connectivity index (χ1n) is 16.4. The van der Waals surface area contributed by atoms with Gasteiger partial charge in [-0.2, -0.15) is 0 Å². The van der Waals surface area contributed by atoms with E-state index in [-0.39, 0.29) is 0 Å². The number of nitrogens with zero attached hydrogens (tertiary/aromatic N) is 2. The highest BCUT2D eigenvalue weighted by Gasteiger charge is 2.18. The highest BCUT2D eigenvalue weighted by atomic mass is 32.1. The molecule has 0 atom stereocenters. The second-order valence-electron chi connectivity index (χ2n) is 12.4. The van der Waals surface area contributed by atoms with E-state index in [0.717, 1.165) is 50.3 Å². The lowest BCUT2D eigenvalue weighted by molar-refractivity contribution is 0.670. The summed E-state index contributed by atoms with van der Waals surface area (Å²) >= 11 is 1.82. The van der Waals surface area contributed by atoms with Crippen LogP contribution in [0.4, 0.5) is 17.2 Å². The van der Waals surface area contributed by atoms with Gasteiger partial charge in [-0.1, -0.05) is 115 Å². The first-order chi connectivity index (χ1) is 24.3. The number of benzene rings is 7. The van der Waals surface area contributed by atoms with Gasteiger partial charge in [0.05, 0.1) is 0 Å². The van der Waals surface area contributed by atoms with Crippen molar-refractivity contribution in [2.24, 2.45) is 0 Å². The Morgan fingerprint density at radius 3 is 1.90 bits per heavy atom. The zero-order valence-corrected chi connectivity index (χ0v) is 27.2. The van der Waals surface area contributed by atoms with Crippen LogP contribution in [-0.4, -0.2) is 4.98 Å². The van der Waals surface area contributed by atoms with Crippen LogP contribution in [0.1, 0.15) is 0 Å². The molecular formula is C45H28N2OS. The lowest BCUT2D eigenvalue weighted by Crippen LogP contribution is -2.11. The molecule has 0 aliphatic carbocycles. The molecule has 0 unspecified atom stereocenters. The van der Waals surface area contributed by atoms with Gasteiger partial charge in [0, 0.05) is 54.1 Å². The molecule has 0 radical (unpaired) electrons. The number of anilines is 3. The third kappa shape index (κ3) is 4.68. The van der Waals surface area contributed by atoms with Gasteiger partial charge in [0.1, 0.15) is 17.0 Å². The molecule has 0 aliphatic heterocycles. The average molecular weight is 645 g/mol. The second kappa shape index (κ2) is 11.2. The standard InChI is InChI=1S/C45H28N2OS/c1-2-9-29(10-3-1)30-17-21-34(22-18-30)47(44-27-43-40(28-46-44)39-25-32-11-4-5-12-33(32)26-42(39)49-43)35-23-19-31(20-24-35)36-14-8-15-38-37-13-6-7-16-41(37)48-45(36)38/h1-28H. The third-order valence-electron chi connectivity index (χ3n) is 9.51. The lowest BCUT2D eigenvalue weighted by Gasteiger charge is -2.25. The fraction of sp³-hybridized carbons (Fsp3) is 0. The number of rotatable bonds is 5. The smallest absolute Gasteiger partial charge is 0.143 e. The Labute approximate surface area is 286 Å². The summed E-state index contributed by atoms with van der Waals surface area (Å²) < 4.78 is 8.86. The number of aromatic nitrogens is 1. The Balaban J connectivity index is 1.10. The predicted octanol–water partition coefficient (Wildman–Crippen LogP) is 13.3. The molecule has 0 aliphatic rings. The van der Waals surface area contributed by atoms with Crippen LogP contribution in [0.25, 0.3) is 75.1 Å². The Bertz CT molecular complexity index is 2810. The number of hydrogen-bond donors (Lipinski definition) is 0. The average Bonchev–Trinajstić information content (AvgIpc) is 3.72. The number of pyridine rings is 1. The maximum atomic E-state index is 6.37. The van der Waals surface area contributed by atoms with Gasteiger partial charge in [0.2, 0.25) is 0 Å². The summed E-state index contributed by atoms with van der Waals surface area (Å²) in [6, 6.07) is 58.0. The summed E-state index contributed by atoms with van der Waals surface area (Å²) in [7, 11) is 0. The first kappa shape index (κ1) is 27.8. The van der Waals surface area contributed by atoms with Crippen molar-refractivity contribution in [2.75, 3.05) is 4.90 Å². The zero-order valence-electron chi connectivity index (χ0n) is 26.4. The molecular weight excluding hydrogens is 617 g/mol. The van der Waals surface area contributed by atoms with Gasteiger partial charge in [-0.25, -0.2) is 4.98 Å². The number of hydrogen-bond acceptors (Lipinski definition) is 4. The van der Waals surface area contributed by atoms with Gasteiger partial charge in [0.25, 0.3) is 0 Å². The molecule has 0 spiro atoms. The minimum absolute atomic E-state index is 0.878. The van der Waals surface area contributed by atoms with E-state index in [9.17, 15) is 0 Å². The molecule has 0 N–H and O–H groups in total. The maximum Gasteiger partial charge on any atom is 0.143 e. The van der Waals surface area contributed by atoms with E-state index in [1.165, 1.54) is 42.1 Å². The van der Waals surface area contributed by atoms with Crippen molar-refractivity contribution in [3.8, 4) is 22.3 Å². The molecule has 0 fully saturated rings. The van der Waals surface area contributed by atoms with Crippen molar-refractivity contribution in [1.82, 2.24) is 4.98 Å². The van der Waals surface area contributed by atoms with Gasteiger partial charge in [-0.15, -0.1) is 11.3 Å². The van der Waals surface area contributed by atoms with Crippen molar-refractivity contribution in [1.29, 1.82) is 0 Å². The van der Waals surface area contributed by atoms with Gasteiger partial charge in [-0.05, 0) is 76.0 Å². The van der Waals surface area contributed by atoms with E-state index in [2.05, 4.69) is 157 Å². The number of para-hydroxylation sites is 2. The lowest BCUT2D eigenvalue weighted by atomic mass is 10.0. The summed E-state index contributed by atoms with van der Waals surface area (Å²) in [5, 5.41) is 7.21. The minimum atomic E-state index is 0.878. The van der Waals surface area contributed by atoms with Crippen LogP contribution in [0, 0.1) is 0 Å². The van der Waals surface area contributed by atoms with Crippen LogP contribution in [-0.2, 0) is 0 Å². The van der Waals surface area contributed by atoms with Crippen molar-refractivity contribution in [3.05, 3.63) is 170 Å². The van der Waals surface area contributed by atoms with Crippen molar-refractivity contribution in [3.63, 3.8) is 0 Å². The van der Waals surface area contributed by atoms with E-state index in [0.29, 0.717) is 0 Å². The molecule has 7 aromatic carbocycles. The van der Waals surface area contributed by atoms with Gasteiger partial charge >= 0.3 is 0 Å². The molecule has 10 aromatic rings. The molecule has 0 saturated carbocycles. The molecule has 3 nitrogen and oxygen atoms in total. The van der Waals surface area contributed by atoms with Crippen molar-refractivity contribution < 1.29 is 4.42 Å². The third-order valence-corrected chi connectivity index (χ3v) is 10.6. The molecule has 49 heavy (non-hydrogen) atoms. The summed E-state index contributed by atoms with van der Waals surface area (Å²) in [6.45, 7) is 0. The quantitative estimate of drug-likeness (QED) is 0.187. The summed E-state index contributed by atoms with van der Waals surface area (Å²) in [4.78, 5) is 7.36. The Morgan fingerprint density at radius 1 is 0.469 bits per heavy atom. The molecule has 0 bridgehead atoms. The minimum Gasteiger partial charge on any atom is -0.455 e. The first-order valence-corrected chi connectivity index (χ1v) is 17.3. The van der Waals surface area contributed by atoms with Crippen molar-refractivity contribution >= 4 is 81.4 Å². The summed E-state index contributed by atoms with van der Waals surface area (Å²) in [5.41, 5.74) is 8.46. The Hall–Kier alpha value is -6.23. The molecule has 3 aromatic heterocycles. The SMILES string of the molecule is c1ccc(-c2ccc(N(c3ccc(-c4cccc5c4oc4ccccc45)cc3)c3cc4sc5cc6ccccc6cc5c4cn3)cc2)cc1. The van der Waals surface area contributed by atoms with Crippen LogP contribution in [0.2, 0.25) is 0 Å². The van der Waals surface area contributed by atoms with Gasteiger partial charge in [-0.3, -0.25) is 4.90 Å². The molecule has 0 saturated heterocycles. The monoisotopic (exact) mass is 644 g/mol. The fourth-order valence-electron chi connectivity index (χ4n) is 7.08.